The summed E-state index contributed by atoms with van der Waals surface area (Å²) in [4.78, 5) is 18.9. The second kappa shape index (κ2) is 7.25. The minimum atomic E-state index is -0.180. The van der Waals surface area contributed by atoms with E-state index in [0.717, 1.165) is 29.7 Å². The van der Waals surface area contributed by atoms with Crippen molar-refractivity contribution < 1.29 is 19.2 Å². The fraction of sp³-hybridized carbons (Fsp3) is 0.348. The van der Waals surface area contributed by atoms with Crippen LogP contribution < -0.4 is 4.74 Å². The first-order chi connectivity index (χ1) is 14.6. The number of fused-ring (bicyclic) bond motifs is 2. The number of hydrogen-bond donors (Lipinski definition) is 1. The third kappa shape index (κ3) is 2.97. The number of benzene rings is 2. The quantitative estimate of drug-likeness (QED) is 0.702. The first kappa shape index (κ1) is 18.8. The zero-order valence-electron chi connectivity index (χ0n) is 16.8. The van der Waals surface area contributed by atoms with Crippen molar-refractivity contribution in [1.82, 2.24) is 15.0 Å². The predicted molar refractivity (Wildman–Crippen MR) is 110 cm³/mol. The lowest BCUT2D eigenvalue weighted by Crippen LogP contribution is -2.32. The third-order valence-corrected chi connectivity index (χ3v) is 6.31. The summed E-state index contributed by atoms with van der Waals surface area (Å²) < 4.78 is 10.7. The Morgan fingerprint density at radius 1 is 1.23 bits per heavy atom. The van der Waals surface area contributed by atoms with Gasteiger partial charge in [0.05, 0.1) is 13.7 Å². The summed E-state index contributed by atoms with van der Waals surface area (Å²) in [5, 5.41) is 13.5. The topological polar surface area (TPSA) is 88.7 Å². The van der Waals surface area contributed by atoms with E-state index in [1.807, 2.05) is 36.4 Å². The number of rotatable bonds is 5. The molecule has 1 saturated heterocycles. The lowest BCUT2D eigenvalue weighted by molar-refractivity contribution is -0.128. The highest BCUT2D eigenvalue weighted by Gasteiger charge is 2.48. The van der Waals surface area contributed by atoms with Crippen molar-refractivity contribution >= 4 is 5.91 Å². The molecule has 154 valence electrons. The molecule has 7 heteroatoms. The van der Waals surface area contributed by atoms with Gasteiger partial charge in [0, 0.05) is 36.1 Å². The van der Waals surface area contributed by atoms with Crippen LogP contribution in [0.5, 0.6) is 5.75 Å². The molecule has 1 unspecified atom stereocenters. The normalized spacial score (nSPS) is 20.2. The average Bonchev–Trinajstić information content (AvgIpc) is 3.47. The summed E-state index contributed by atoms with van der Waals surface area (Å²) in [5.74, 6) is 1.91. The summed E-state index contributed by atoms with van der Waals surface area (Å²) in [6.07, 6.45) is 2.28. The van der Waals surface area contributed by atoms with Crippen molar-refractivity contribution in [3.63, 3.8) is 0 Å². The van der Waals surface area contributed by atoms with Gasteiger partial charge < -0.3 is 19.3 Å². The van der Waals surface area contributed by atoms with Gasteiger partial charge in [0.25, 0.3) is 5.89 Å². The smallest absolute Gasteiger partial charge is 0.258 e. The van der Waals surface area contributed by atoms with Crippen LogP contribution in [-0.2, 0) is 16.6 Å². The van der Waals surface area contributed by atoms with Crippen LogP contribution in [0, 0.1) is 0 Å². The number of aliphatic hydroxyl groups is 1. The Kier molecular flexibility index (Phi) is 4.55. The van der Waals surface area contributed by atoms with Gasteiger partial charge in [-0.3, -0.25) is 4.79 Å². The van der Waals surface area contributed by atoms with E-state index in [2.05, 4.69) is 16.2 Å². The van der Waals surface area contributed by atoms with Crippen molar-refractivity contribution in [1.29, 1.82) is 0 Å². The van der Waals surface area contributed by atoms with E-state index in [9.17, 15) is 9.90 Å². The van der Waals surface area contributed by atoms with Crippen LogP contribution >= 0.6 is 0 Å². The molecule has 1 atom stereocenters. The summed E-state index contributed by atoms with van der Waals surface area (Å²) in [7, 11) is 1.63. The van der Waals surface area contributed by atoms with Gasteiger partial charge >= 0.3 is 0 Å². The summed E-state index contributed by atoms with van der Waals surface area (Å²) in [6, 6.07) is 13.6. The maximum absolute atomic E-state index is 12.5. The number of methoxy groups -OCH3 is 1. The second-order valence-corrected chi connectivity index (χ2v) is 7.98. The molecule has 0 radical (unpaired) electrons. The Balaban J connectivity index is 1.48. The van der Waals surface area contributed by atoms with E-state index in [-0.39, 0.29) is 17.9 Å². The predicted octanol–water partition coefficient (Wildman–Crippen LogP) is 2.82. The number of aromatic nitrogens is 2. The first-order valence-electron chi connectivity index (χ1n) is 10.1. The van der Waals surface area contributed by atoms with Gasteiger partial charge in [-0.2, -0.15) is 4.98 Å². The Morgan fingerprint density at radius 2 is 2.07 bits per heavy atom. The van der Waals surface area contributed by atoms with Gasteiger partial charge in [-0.05, 0) is 48.2 Å². The Hall–Kier alpha value is -3.19. The molecule has 1 amide bonds. The zero-order valence-corrected chi connectivity index (χ0v) is 16.8. The van der Waals surface area contributed by atoms with Crippen LogP contribution in [0.25, 0.3) is 22.8 Å². The molecule has 5 rings (SSSR count). The van der Waals surface area contributed by atoms with Gasteiger partial charge in [-0.25, -0.2) is 0 Å². The third-order valence-electron chi connectivity index (χ3n) is 6.31. The fourth-order valence-electron chi connectivity index (χ4n) is 4.83. The molecule has 1 aliphatic carbocycles. The minimum Gasteiger partial charge on any atom is -0.497 e. The molecular formula is C23H23N3O4. The van der Waals surface area contributed by atoms with Gasteiger partial charge in [-0.1, -0.05) is 23.4 Å². The van der Waals surface area contributed by atoms with E-state index in [4.69, 9.17) is 9.26 Å². The maximum atomic E-state index is 12.5. The molecule has 0 saturated carbocycles. The number of β-amino-alcohol motifs (C(OH)–C–C–N with tert-alkyl or cyclic N) is 1. The molecule has 0 bridgehead atoms. The van der Waals surface area contributed by atoms with Gasteiger partial charge in [0.2, 0.25) is 11.7 Å². The van der Waals surface area contributed by atoms with Crippen LogP contribution in [0.4, 0.5) is 0 Å². The molecule has 1 spiro atoms. The van der Waals surface area contributed by atoms with E-state index in [0.29, 0.717) is 31.2 Å². The Bertz CT molecular complexity index is 1090. The van der Waals surface area contributed by atoms with Gasteiger partial charge in [0.1, 0.15) is 5.75 Å². The van der Waals surface area contributed by atoms with Gasteiger partial charge in [0.15, 0.2) is 0 Å². The molecule has 1 aliphatic heterocycles. The molecule has 2 aliphatic rings. The largest absolute Gasteiger partial charge is 0.497 e. The van der Waals surface area contributed by atoms with Crippen LogP contribution in [0.15, 0.2) is 47.0 Å². The van der Waals surface area contributed by atoms with Crippen LogP contribution in [0.3, 0.4) is 0 Å². The number of ether oxygens (including phenoxy) is 1. The van der Waals surface area contributed by atoms with Crippen LogP contribution in [0.2, 0.25) is 0 Å². The lowest BCUT2D eigenvalue weighted by atomic mass is 9.80. The maximum Gasteiger partial charge on any atom is 0.258 e. The van der Waals surface area contributed by atoms with Crippen LogP contribution in [-0.4, -0.2) is 52.9 Å². The van der Waals surface area contributed by atoms with Crippen molar-refractivity contribution in [2.75, 3.05) is 26.8 Å². The lowest BCUT2D eigenvalue weighted by Gasteiger charge is -2.24. The van der Waals surface area contributed by atoms with E-state index < -0.39 is 0 Å². The number of hydrogen-bond acceptors (Lipinski definition) is 6. The van der Waals surface area contributed by atoms with Gasteiger partial charge in [-0.15, -0.1) is 0 Å². The minimum absolute atomic E-state index is 0.00822. The molecule has 1 aromatic heterocycles. The van der Waals surface area contributed by atoms with E-state index in [1.54, 1.807) is 12.0 Å². The SMILES string of the molecule is COc1ccc(-c2nc(-c3cccc4c3CCC43CC(=O)N(CCO)C3)no2)cc1. The number of nitrogens with zero attached hydrogens (tertiary/aromatic N) is 3. The second-order valence-electron chi connectivity index (χ2n) is 7.98. The van der Waals surface area contributed by atoms with E-state index in [1.165, 1.54) is 11.1 Å². The van der Waals surface area contributed by atoms with Crippen molar-refractivity contribution in [3.8, 4) is 28.6 Å². The molecule has 7 nitrogen and oxygen atoms in total. The average molecular weight is 405 g/mol. The first-order valence-corrected chi connectivity index (χ1v) is 10.1. The highest BCUT2D eigenvalue weighted by molar-refractivity contribution is 5.82. The summed E-state index contributed by atoms with van der Waals surface area (Å²) in [5.41, 5.74) is 4.00. The molecule has 3 aromatic rings. The van der Waals surface area contributed by atoms with E-state index >= 15 is 0 Å². The van der Waals surface area contributed by atoms with Crippen molar-refractivity contribution in [3.05, 3.63) is 53.6 Å². The Morgan fingerprint density at radius 3 is 2.83 bits per heavy atom. The number of aliphatic hydroxyl groups excluding tert-OH is 1. The number of carbonyl (C=O) groups is 1. The van der Waals surface area contributed by atoms with Crippen molar-refractivity contribution in [2.24, 2.45) is 0 Å². The molecule has 1 N–H and O–H groups in total. The van der Waals surface area contributed by atoms with Crippen molar-refractivity contribution in [2.45, 2.75) is 24.7 Å². The number of carbonyl (C=O) groups excluding carboxylic acids is 1. The monoisotopic (exact) mass is 405 g/mol. The number of amides is 1. The Labute approximate surface area is 174 Å². The molecule has 30 heavy (non-hydrogen) atoms. The fourth-order valence-corrected chi connectivity index (χ4v) is 4.83. The molecular weight excluding hydrogens is 382 g/mol. The zero-order chi connectivity index (χ0) is 20.7. The summed E-state index contributed by atoms with van der Waals surface area (Å²) >= 11 is 0. The highest BCUT2D eigenvalue weighted by Crippen LogP contribution is 2.48. The van der Waals surface area contributed by atoms with Crippen LogP contribution in [0.1, 0.15) is 24.0 Å². The molecule has 2 heterocycles. The molecule has 1 fully saturated rings. The highest BCUT2D eigenvalue weighted by atomic mass is 16.5. The number of likely N-dealkylation sites (tertiary alicyclic amines) is 1. The summed E-state index contributed by atoms with van der Waals surface area (Å²) in [6.45, 7) is 1.05. The standard InChI is InChI=1S/C23H23N3O4/c1-29-16-7-5-15(6-8-16)22-24-21(25-30-22)18-3-2-4-19-17(18)9-10-23(19)13-20(28)26(14-23)11-12-27/h2-8,27H,9-14H2,1H3. The molecule has 2 aromatic carbocycles.